The Kier molecular flexibility index (Phi) is 5.68. The van der Waals surface area contributed by atoms with Crippen LogP contribution in [0.15, 0.2) is 81.2 Å². The van der Waals surface area contributed by atoms with Crippen LogP contribution in [0.4, 0.5) is 0 Å². The number of thioether (sulfide) groups is 1. The summed E-state index contributed by atoms with van der Waals surface area (Å²) in [7, 11) is 0. The molecule has 0 N–H and O–H groups in total. The average molecular weight is 455 g/mol. The van der Waals surface area contributed by atoms with Crippen LogP contribution in [0.5, 0.6) is 0 Å². The molecule has 0 bridgehead atoms. The minimum Gasteiger partial charge on any atom is -0.467 e. The van der Waals surface area contributed by atoms with E-state index in [9.17, 15) is 4.79 Å². The number of aromatic nitrogens is 4. The minimum atomic E-state index is 0.0375. The number of rotatable bonds is 7. The number of pyridine rings is 1. The first-order valence-corrected chi connectivity index (χ1v) is 10.3. The number of hydrogen-bond acceptors (Lipinski definition) is 6. The first-order valence-electron chi connectivity index (χ1n) is 8.48. The van der Waals surface area contributed by atoms with E-state index in [1.54, 1.807) is 18.7 Å². The van der Waals surface area contributed by atoms with E-state index in [1.165, 1.54) is 11.8 Å². The van der Waals surface area contributed by atoms with Crippen LogP contribution in [0.2, 0.25) is 0 Å². The third-order valence-corrected chi connectivity index (χ3v) is 5.54. The molecule has 28 heavy (non-hydrogen) atoms. The van der Waals surface area contributed by atoms with Crippen molar-refractivity contribution in [1.82, 2.24) is 19.7 Å². The Labute approximate surface area is 174 Å². The molecule has 0 unspecified atom stereocenters. The number of halogens is 1. The van der Waals surface area contributed by atoms with Crippen molar-refractivity contribution in [3.05, 3.63) is 83.0 Å². The maximum Gasteiger partial charge on any atom is 0.192 e. The van der Waals surface area contributed by atoms with Crippen LogP contribution in [-0.2, 0) is 6.54 Å². The molecule has 3 heterocycles. The number of Topliss-reactive ketones (excluding diaryl/α,β-unsaturated/α-hetero) is 1. The molecule has 140 valence electrons. The van der Waals surface area contributed by atoms with Gasteiger partial charge in [0.25, 0.3) is 0 Å². The fourth-order valence-corrected chi connectivity index (χ4v) is 3.76. The van der Waals surface area contributed by atoms with Crippen molar-refractivity contribution < 1.29 is 9.21 Å². The summed E-state index contributed by atoms with van der Waals surface area (Å²) in [5, 5.41) is 9.30. The van der Waals surface area contributed by atoms with Gasteiger partial charge in [0.1, 0.15) is 5.76 Å². The summed E-state index contributed by atoms with van der Waals surface area (Å²) in [6.45, 7) is 0.479. The average Bonchev–Trinajstić information content (AvgIpc) is 3.38. The van der Waals surface area contributed by atoms with Gasteiger partial charge >= 0.3 is 0 Å². The van der Waals surface area contributed by atoms with Gasteiger partial charge in [-0.3, -0.25) is 14.3 Å². The monoisotopic (exact) mass is 454 g/mol. The summed E-state index contributed by atoms with van der Waals surface area (Å²) in [4.78, 5) is 16.6. The van der Waals surface area contributed by atoms with Gasteiger partial charge in [-0.25, -0.2) is 0 Å². The van der Waals surface area contributed by atoms with E-state index in [4.69, 9.17) is 4.42 Å². The molecule has 4 rings (SSSR count). The highest BCUT2D eigenvalue weighted by atomic mass is 79.9. The largest absolute Gasteiger partial charge is 0.467 e. The second-order valence-electron chi connectivity index (χ2n) is 5.93. The number of benzene rings is 1. The van der Waals surface area contributed by atoms with Crippen LogP contribution in [0.1, 0.15) is 16.1 Å². The first-order chi connectivity index (χ1) is 13.7. The molecule has 0 saturated carbocycles. The van der Waals surface area contributed by atoms with Crippen molar-refractivity contribution in [3.8, 4) is 11.4 Å². The molecular formula is C20H15BrN4O2S. The predicted octanol–water partition coefficient (Wildman–Crippen LogP) is 4.72. The van der Waals surface area contributed by atoms with Gasteiger partial charge in [0.15, 0.2) is 16.8 Å². The van der Waals surface area contributed by atoms with E-state index < -0.39 is 0 Å². The van der Waals surface area contributed by atoms with Gasteiger partial charge < -0.3 is 4.42 Å². The second kappa shape index (κ2) is 8.53. The predicted molar refractivity (Wildman–Crippen MR) is 110 cm³/mol. The molecule has 0 spiro atoms. The summed E-state index contributed by atoms with van der Waals surface area (Å²) in [5.74, 6) is 1.80. The number of carbonyl (C=O) groups is 1. The van der Waals surface area contributed by atoms with Crippen molar-refractivity contribution in [3.63, 3.8) is 0 Å². The molecule has 8 heteroatoms. The van der Waals surface area contributed by atoms with Crippen LogP contribution in [-0.4, -0.2) is 31.3 Å². The van der Waals surface area contributed by atoms with Crippen LogP contribution in [0, 0.1) is 0 Å². The van der Waals surface area contributed by atoms with Crippen molar-refractivity contribution in [2.45, 2.75) is 11.7 Å². The zero-order valence-corrected chi connectivity index (χ0v) is 17.1. The van der Waals surface area contributed by atoms with Gasteiger partial charge in [-0.2, -0.15) is 0 Å². The molecule has 1 aromatic carbocycles. The smallest absolute Gasteiger partial charge is 0.192 e. The Morgan fingerprint density at radius 1 is 1.07 bits per heavy atom. The number of ketones is 1. The Morgan fingerprint density at radius 3 is 2.57 bits per heavy atom. The highest BCUT2D eigenvalue weighted by Crippen LogP contribution is 2.25. The van der Waals surface area contributed by atoms with Crippen LogP contribution >= 0.6 is 27.7 Å². The summed E-state index contributed by atoms with van der Waals surface area (Å²) in [5.41, 5.74) is 1.57. The minimum absolute atomic E-state index is 0.0375. The van der Waals surface area contributed by atoms with E-state index in [0.717, 1.165) is 15.8 Å². The Balaban J connectivity index is 1.58. The van der Waals surface area contributed by atoms with Crippen LogP contribution in [0.25, 0.3) is 11.4 Å². The molecule has 0 atom stereocenters. The lowest BCUT2D eigenvalue weighted by Crippen LogP contribution is -2.06. The molecule has 4 aromatic rings. The maximum atomic E-state index is 12.5. The Hall–Kier alpha value is -2.71. The summed E-state index contributed by atoms with van der Waals surface area (Å²) in [6, 6.07) is 14.8. The molecule has 0 aliphatic rings. The van der Waals surface area contributed by atoms with Crippen LogP contribution < -0.4 is 0 Å². The van der Waals surface area contributed by atoms with E-state index in [0.29, 0.717) is 23.1 Å². The number of hydrogen-bond donors (Lipinski definition) is 0. The zero-order valence-electron chi connectivity index (χ0n) is 14.7. The third-order valence-electron chi connectivity index (χ3n) is 4.05. The van der Waals surface area contributed by atoms with E-state index in [-0.39, 0.29) is 11.5 Å². The quantitative estimate of drug-likeness (QED) is 0.297. The fourth-order valence-electron chi connectivity index (χ4n) is 2.66. The van der Waals surface area contributed by atoms with Gasteiger partial charge in [0.05, 0.1) is 18.6 Å². The molecule has 3 aromatic heterocycles. The lowest BCUT2D eigenvalue weighted by Gasteiger charge is -2.08. The summed E-state index contributed by atoms with van der Waals surface area (Å²) >= 11 is 4.74. The third kappa shape index (κ3) is 4.23. The van der Waals surface area contributed by atoms with Gasteiger partial charge in [-0.15, -0.1) is 10.2 Å². The van der Waals surface area contributed by atoms with E-state index >= 15 is 0 Å². The molecule has 6 nitrogen and oxygen atoms in total. The van der Waals surface area contributed by atoms with Crippen molar-refractivity contribution >= 4 is 33.5 Å². The Bertz CT molecular complexity index is 1060. The van der Waals surface area contributed by atoms with Gasteiger partial charge in [-0.05, 0) is 36.4 Å². The summed E-state index contributed by atoms with van der Waals surface area (Å²) in [6.07, 6.45) is 5.06. The SMILES string of the molecule is O=C(CSc1nnc(-c2ccncc2)n1Cc1ccco1)c1ccc(Br)cc1. The zero-order chi connectivity index (χ0) is 19.3. The second-order valence-corrected chi connectivity index (χ2v) is 7.78. The number of furan rings is 1. The number of nitrogens with zero attached hydrogens (tertiary/aromatic N) is 4. The first kappa shape index (κ1) is 18.6. The van der Waals surface area contributed by atoms with Gasteiger partial charge in [0.2, 0.25) is 0 Å². The molecule has 0 aliphatic heterocycles. The fraction of sp³-hybridized carbons (Fsp3) is 0.100. The molecular weight excluding hydrogens is 440 g/mol. The van der Waals surface area contributed by atoms with E-state index in [2.05, 4.69) is 31.1 Å². The standard InChI is InChI=1S/C20H15BrN4O2S/c21-16-5-3-14(4-6-16)18(26)13-28-20-24-23-19(15-7-9-22-10-8-15)25(20)12-17-2-1-11-27-17/h1-11H,12-13H2. The van der Waals surface area contributed by atoms with E-state index in [1.807, 2.05) is 53.1 Å². The molecule has 0 aliphatic carbocycles. The topological polar surface area (TPSA) is 73.8 Å². The van der Waals surface area contributed by atoms with Crippen molar-refractivity contribution in [1.29, 1.82) is 0 Å². The summed E-state index contributed by atoms with van der Waals surface area (Å²) < 4.78 is 8.38. The highest BCUT2D eigenvalue weighted by molar-refractivity contribution is 9.10. The van der Waals surface area contributed by atoms with Crippen molar-refractivity contribution in [2.75, 3.05) is 5.75 Å². The molecule has 0 radical (unpaired) electrons. The molecule has 0 amide bonds. The normalized spacial score (nSPS) is 10.9. The van der Waals surface area contributed by atoms with Gasteiger partial charge in [0, 0.05) is 28.0 Å². The molecule has 0 fully saturated rings. The number of carbonyl (C=O) groups excluding carboxylic acids is 1. The lowest BCUT2D eigenvalue weighted by atomic mass is 10.2. The van der Waals surface area contributed by atoms with Gasteiger partial charge in [-0.1, -0.05) is 39.8 Å². The van der Waals surface area contributed by atoms with Crippen molar-refractivity contribution in [2.24, 2.45) is 0 Å². The molecule has 0 saturated heterocycles. The highest BCUT2D eigenvalue weighted by Gasteiger charge is 2.17. The Morgan fingerprint density at radius 2 is 1.86 bits per heavy atom. The maximum absolute atomic E-state index is 12.5. The lowest BCUT2D eigenvalue weighted by molar-refractivity contribution is 0.102. The van der Waals surface area contributed by atoms with Crippen LogP contribution in [0.3, 0.4) is 0 Å².